The van der Waals surface area contributed by atoms with Crippen LogP contribution in [0.25, 0.3) is 22.1 Å². The second kappa shape index (κ2) is 4.30. The first-order valence-corrected chi connectivity index (χ1v) is 6.04. The van der Waals surface area contributed by atoms with Crippen LogP contribution in [-0.4, -0.2) is 15.2 Å². The number of benzene rings is 1. The number of aromatic amines is 1. The molecule has 0 saturated carbocycles. The van der Waals surface area contributed by atoms with Gasteiger partial charge in [-0.05, 0) is 23.6 Å². The van der Waals surface area contributed by atoms with E-state index in [2.05, 4.69) is 15.2 Å². The van der Waals surface area contributed by atoms with Crippen molar-refractivity contribution in [1.82, 2.24) is 15.2 Å². The Hall–Kier alpha value is -2.08. The van der Waals surface area contributed by atoms with E-state index < -0.39 is 11.6 Å². The average molecular weight is 263 g/mol. The first kappa shape index (κ1) is 11.0. The summed E-state index contributed by atoms with van der Waals surface area (Å²) >= 11 is 1.50. The van der Waals surface area contributed by atoms with E-state index in [0.29, 0.717) is 5.82 Å². The van der Waals surface area contributed by atoms with E-state index >= 15 is 0 Å². The molecule has 0 aliphatic heterocycles. The number of rotatable bonds is 2. The first-order chi connectivity index (χ1) is 8.74. The molecule has 18 heavy (non-hydrogen) atoms. The Morgan fingerprint density at radius 3 is 2.78 bits per heavy atom. The van der Waals surface area contributed by atoms with Gasteiger partial charge in [0.1, 0.15) is 11.6 Å². The fraction of sp³-hybridized carbons (Fsp3) is 0. The molecular formula is C12H7F2N3S. The predicted octanol–water partition coefficient (Wildman–Crippen LogP) is 3.48. The van der Waals surface area contributed by atoms with Crippen molar-refractivity contribution in [2.24, 2.45) is 0 Å². The fourth-order valence-corrected chi connectivity index (χ4v) is 2.24. The summed E-state index contributed by atoms with van der Waals surface area (Å²) in [5, 5.41) is 8.59. The van der Waals surface area contributed by atoms with Crippen LogP contribution in [0.15, 0.2) is 35.7 Å². The molecule has 0 radical (unpaired) electrons. The summed E-state index contributed by atoms with van der Waals surface area (Å²) in [6.45, 7) is 0. The van der Waals surface area contributed by atoms with Crippen molar-refractivity contribution in [2.75, 3.05) is 0 Å². The maximum Gasteiger partial charge on any atom is 0.184 e. The van der Waals surface area contributed by atoms with Gasteiger partial charge in [0.05, 0.1) is 10.4 Å². The minimum absolute atomic E-state index is 0.176. The Balaban J connectivity index is 2.03. The van der Waals surface area contributed by atoms with E-state index in [1.807, 2.05) is 17.5 Å². The van der Waals surface area contributed by atoms with E-state index in [1.165, 1.54) is 23.5 Å². The number of thiophene rings is 1. The van der Waals surface area contributed by atoms with Crippen LogP contribution in [0.3, 0.4) is 0 Å². The van der Waals surface area contributed by atoms with Gasteiger partial charge in [-0.3, -0.25) is 5.10 Å². The SMILES string of the molecule is Fc1ccc(-c2n[nH]c(-c3cccs3)n2)c(F)c1. The molecule has 0 spiro atoms. The van der Waals surface area contributed by atoms with E-state index in [1.54, 1.807) is 0 Å². The summed E-state index contributed by atoms with van der Waals surface area (Å²) in [6, 6.07) is 7.10. The molecule has 3 nitrogen and oxygen atoms in total. The third-order valence-corrected chi connectivity index (χ3v) is 3.29. The predicted molar refractivity (Wildman–Crippen MR) is 65.0 cm³/mol. The van der Waals surface area contributed by atoms with Crippen LogP contribution < -0.4 is 0 Å². The van der Waals surface area contributed by atoms with Crippen molar-refractivity contribution in [2.45, 2.75) is 0 Å². The molecule has 0 saturated heterocycles. The second-order valence-corrected chi connectivity index (χ2v) is 4.56. The van der Waals surface area contributed by atoms with Crippen LogP contribution in [-0.2, 0) is 0 Å². The molecule has 0 amide bonds. The highest BCUT2D eigenvalue weighted by molar-refractivity contribution is 7.13. The minimum atomic E-state index is -0.674. The Morgan fingerprint density at radius 1 is 1.17 bits per heavy atom. The Labute approximate surface area is 105 Å². The zero-order chi connectivity index (χ0) is 12.5. The zero-order valence-electron chi connectivity index (χ0n) is 9.02. The van der Waals surface area contributed by atoms with Gasteiger partial charge in [-0.2, -0.15) is 5.10 Å². The number of halogens is 2. The van der Waals surface area contributed by atoms with Gasteiger partial charge in [0, 0.05) is 6.07 Å². The van der Waals surface area contributed by atoms with Crippen molar-refractivity contribution < 1.29 is 8.78 Å². The largest absolute Gasteiger partial charge is 0.258 e. The molecule has 2 aromatic heterocycles. The van der Waals surface area contributed by atoms with Gasteiger partial charge in [-0.25, -0.2) is 13.8 Å². The number of H-pyrrole nitrogens is 1. The summed E-state index contributed by atoms with van der Waals surface area (Å²) in [6.07, 6.45) is 0. The van der Waals surface area contributed by atoms with Crippen molar-refractivity contribution in [1.29, 1.82) is 0 Å². The minimum Gasteiger partial charge on any atom is -0.258 e. The molecule has 0 aliphatic rings. The average Bonchev–Trinajstić information content (AvgIpc) is 2.99. The molecule has 3 rings (SSSR count). The van der Waals surface area contributed by atoms with Crippen LogP contribution in [0.5, 0.6) is 0 Å². The highest BCUT2D eigenvalue weighted by Crippen LogP contribution is 2.25. The summed E-state index contributed by atoms with van der Waals surface area (Å²) < 4.78 is 26.4. The topological polar surface area (TPSA) is 41.6 Å². The van der Waals surface area contributed by atoms with Gasteiger partial charge >= 0.3 is 0 Å². The lowest BCUT2D eigenvalue weighted by atomic mass is 10.2. The monoisotopic (exact) mass is 263 g/mol. The number of hydrogen-bond donors (Lipinski definition) is 1. The van der Waals surface area contributed by atoms with Crippen molar-refractivity contribution >= 4 is 11.3 Å². The molecular weight excluding hydrogens is 256 g/mol. The lowest BCUT2D eigenvalue weighted by molar-refractivity contribution is 0.585. The third-order valence-electron chi connectivity index (χ3n) is 2.41. The highest BCUT2D eigenvalue weighted by atomic mass is 32.1. The van der Waals surface area contributed by atoms with Crippen LogP contribution in [0.4, 0.5) is 8.78 Å². The van der Waals surface area contributed by atoms with Gasteiger partial charge in [-0.15, -0.1) is 11.3 Å². The smallest absolute Gasteiger partial charge is 0.184 e. The van der Waals surface area contributed by atoms with E-state index in [9.17, 15) is 8.78 Å². The molecule has 90 valence electrons. The third kappa shape index (κ3) is 1.91. The molecule has 0 bridgehead atoms. The Bertz CT molecular complexity index is 676. The quantitative estimate of drug-likeness (QED) is 0.769. The van der Waals surface area contributed by atoms with Crippen LogP contribution in [0, 0.1) is 11.6 Å². The molecule has 0 aliphatic carbocycles. The zero-order valence-corrected chi connectivity index (χ0v) is 9.84. The van der Waals surface area contributed by atoms with Crippen LogP contribution in [0.1, 0.15) is 0 Å². The number of nitrogens with one attached hydrogen (secondary N) is 1. The molecule has 0 fully saturated rings. The van der Waals surface area contributed by atoms with Gasteiger partial charge < -0.3 is 0 Å². The molecule has 3 aromatic rings. The standard InChI is InChI=1S/C12H7F2N3S/c13-7-3-4-8(9(14)6-7)11-15-12(17-16-11)10-2-1-5-18-10/h1-6H,(H,15,16,17). The highest BCUT2D eigenvalue weighted by Gasteiger charge is 2.12. The molecule has 0 unspecified atom stereocenters. The number of hydrogen-bond acceptors (Lipinski definition) is 3. The molecule has 2 heterocycles. The molecule has 6 heteroatoms. The van der Waals surface area contributed by atoms with Crippen LogP contribution >= 0.6 is 11.3 Å². The maximum absolute atomic E-state index is 13.6. The summed E-state index contributed by atoms with van der Waals surface area (Å²) in [5.74, 6) is -0.503. The lowest BCUT2D eigenvalue weighted by Gasteiger charge is -1.97. The number of aromatic nitrogens is 3. The normalized spacial score (nSPS) is 10.8. The second-order valence-electron chi connectivity index (χ2n) is 3.61. The first-order valence-electron chi connectivity index (χ1n) is 5.16. The Kier molecular flexibility index (Phi) is 2.64. The summed E-state index contributed by atoms with van der Waals surface area (Å²) in [4.78, 5) is 5.11. The lowest BCUT2D eigenvalue weighted by Crippen LogP contribution is -1.88. The van der Waals surface area contributed by atoms with Gasteiger partial charge in [-0.1, -0.05) is 6.07 Å². The van der Waals surface area contributed by atoms with E-state index in [0.717, 1.165) is 10.9 Å². The van der Waals surface area contributed by atoms with Crippen molar-refractivity contribution in [3.05, 3.63) is 47.3 Å². The molecule has 1 N–H and O–H groups in total. The van der Waals surface area contributed by atoms with E-state index in [-0.39, 0.29) is 11.4 Å². The molecule has 0 atom stereocenters. The van der Waals surface area contributed by atoms with Crippen LogP contribution in [0.2, 0.25) is 0 Å². The van der Waals surface area contributed by atoms with E-state index in [4.69, 9.17) is 0 Å². The van der Waals surface area contributed by atoms with Gasteiger partial charge in [0.25, 0.3) is 0 Å². The summed E-state index contributed by atoms with van der Waals surface area (Å²) in [7, 11) is 0. The maximum atomic E-state index is 13.6. The molecule has 1 aromatic carbocycles. The number of nitrogens with zero attached hydrogens (tertiary/aromatic N) is 2. The van der Waals surface area contributed by atoms with Gasteiger partial charge in [0.2, 0.25) is 0 Å². The van der Waals surface area contributed by atoms with Crippen molar-refractivity contribution in [3.8, 4) is 22.1 Å². The van der Waals surface area contributed by atoms with Crippen molar-refractivity contribution in [3.63, 3.8) is 0 Å². The van der Waals surface area contributed by atoms with Gasteiger partial charge in [0.15, 0.2) is 11.6 Å². The summed E-state index contributed by atoms with van der Waals surface area (Å²) in [5.41, 5.74) is 0.176. The Morgan fingerprint density at radius 2 is 2.06 bits per heavy atom. The fourth-order valence-electron chi connectivity index (χ4n) is 1.58.